The summed E-state index contributed by atoms with van der Waals surface area (Å²) in [5.74, 6) is -0.936. The summed E-state index contributed by atoms with van der Waals surface area (Å²) in [5.41, 5.74) is 6.82. The normalized spacial score (nSPS) is 10.6. The lowest BCUT2D eigenvalue weighted by atomic mass is 10.1. The van der Waals surface area contributed by atoms with Crippen molar-refractivity contribution < 1.29 is 9.59 Å². The van der Waals surface area contributed by atoms with Crippen molar-refractivity contribution in [1.29, 1.82) is 0 Å². The molecule has 6 heteroatoms. The van der Waals surface area contributed by atoms with Crippen molar-refractivity contribution in [3.8, 4) is 0 Å². The van der Waals surface area contributed by atoms with Gasteiger partial charge in [0.1, 0.15) is 0 Å². The summed E-state index contributed by atoms with van der Waals surface area (Å²) in [6.45, 7) is 0. The van der Waals surface area contributed by atoms with Crippen molar-refractivity contribution in [2.24, 2.45) is 5.73 Å². The van der Waals surface area contributed by atoms with Crippen LogP contribution in [0.25, 0.3) is 6.08 Å². The van der Waals surface area contributed by atoms with Gasteiger partial charge in [-0.3, -0.25) is 9.59 Å². The molecule has 2 aromatic carbocycles. The van der Waals surface area contributed by atoms with E-state index in [-0.39, 0.29) is 11.5 Å². The molecule has 0 aliphatic rings. The van der Waals surface area contributed by atoms with Gasteiger partial charge in [0.15, 0.2) is 0 Å². The zero-order chi connectivity index (χ0) is 16.1. The Hall–Kier alpha value is -1.86. The second-order valence-electron chi connectivity index (χ2n) is 4.43. The van der Waals surface area contributed by atoms with Crippen LogP contribution in [0.3, 0.4) is 0 Å². The predicted octanol–water partition coefficient (Wildman–Crippen LogP) is 3.70. The Kier molecular flexibility index (Phi) is 5.57. The molecule has 0 heterocycles. The molecule has 112 valence electrons. The molecule has 3 N–H and O–H groups in total. The number of carbonyl (C=O) groups excluding carboxylic acids is 2. The van der Waals surface area contributed by atoms with Gasteiger partial charge in [0.2, 0.25) is 5.91 Å². The van der Waals surface area contributed by atoms with Crippen molar-refractivity contribution in [3.05, 3.63) is 68.3 Å². The lowest BCUT2D eigenvalue weighted by Crippen LogP contribution is -2.17. The van der Waals surface area contributed by atoms with Crippen molar-refractivity contribution in [2.75, 3.05) is 5.32 Å². The first kappa shape index (κ1) is 16.5. The standard InChI is InChI=1S/C16H12ClIN2O2/c17-11-4-1-10(2-5-11)3-8-15(21)20-14-7-6-12(18)9-13(14)16(19)22/h1-9H,(H2,19,22)(H,20,21)/b8-3+. The Bertz CT molecular complexity index is 742. The molecule has 0 radical (unpaired) electrons. The van der Waals surface area contributed by atoms with Gasteiger partial charge in [0, 0.05) is 14.7 Å². The van der Waals surface area contributed by atoms with Gasteiger partial charge >= 0.3 is 0 Å². The zero-order valence-electron chi connectivity index (χ0n) is 11.3. The number of nitrogens with two attached hydrogens (primary N) is 1. The van der Waals surface area contributed by atoms with E-state index < -0.39 is 5.91 Å². The van der Waals surface area contributed by atoms with Gasteiger partial charge in [-0.15, -0.1) is 0 Å². The molecule has 0 saturated heterocycles. The number of primary amides is 1. The molecule has 0 fully saturated rings. The summed E-state index contributed by atoms with van der Waals surface area (Å²) in [5, 5.41) is 3.28. The highest BCUT2D eigenvalue weighted by Gasteiger charge is 2.10. The number of hydrogen-bond acceptors (Lipinski definition) is 2. The predicted molar refractivity (Wildman–Crippen MR) is 96.8 cm³/mol. The minimum atomic E-state index is -0.588. The minimum absolute atomic E-state index is 0.278. The first-order chi connectivity index (χ1) is 10.5. The lowest BCUT2D eigenvalue weighted by molar-refractivity contribution is -0.111. The fraction of sp³-hybridized carbons (Fsp3) is 0. The number of hydrogen-bond donors (Lipinski definition) is 2. The maximum Gasteiger partial charge on any atom is 0.250 e. The van der Waals surface area contributed by atoms with E-state index in [0.29, 0.717) is 10.7 Å². The smallest absolute Gasteiger partial charge is 0.250 e. The summed E-state index contributed by atoms with van der Waals surface area (Å²) in [6.07, 6.45) is 3.04. The SMILES string of the molecule is NC(=O)c1cc(I)ccc1NC(=O)/C=C/c1ccc(Cl)cc1. The number of rotatable bonds is 4. The van der Waals surface area contributed by atoms with Crippen molar-refractivity contribution in [1.82, 2.24) is 0 Å². The van der Waals surface area contributed by atoms with Crippen LogP contribution < -0.4 is 11.1 Å². The molecular weight excluding hydrogens is 415 g/mol. The van der Waals surface area contributed by atoms with Crippen LogP contribution in [0.2, 0.25) is 5.02 Å². The molecule has 0 atom stereocenters. The number of carbonyl (C=O) groups is 2. The molecule has 0 aromatic heterocycles. The number of benzene rings is 2. The summed E-state index contributed by atoms with van der Waals surface area (Å²) in [6, 6.07) is 12.1. The molecule has 2 amide bonds. The van der Waals surface area contributed by atoms with Gasteiger partial charge in [-0.2, -0.15) is 0 Å². The minimum Gasteiger partial charge on any atom is -0.366 e. The highest BCUT2D eigenvalue weighted by Crippen LogP contribution is 2.18. The summed E-state index contributed by atoms with van der Waals surface area (Å²) >= 11 is 7.86. The second kappa shape index (κ2) is 7.42. The average Bonchev–Trinajstić information content (AvgIpc) is 2.48. The number of nitrogens with one attached hydrogen (secondary N) is 1. The summed E-state index contributed by atoms with van der Waals surface area (Å²) in [7, 11) is 0. The monoisotopic (exact) mass is 426 g/mol. The molecule has 4 nitrogen and oxygen atoms in total. The van der Waals surface area contributed by atoms with E-state index in [9.17, 15) is 9.59 Å². The lowest BCUT2D eigenvalue weighted by Gasteiger charge is -2.07. The third-order valence-electron chi connectivity index (χ3n) is 2.80. The van der Waals surface area contributed by atoms with Gasteiger partial charge in [0.05, 0.1) is 11.3 Å². The first-order valence-electron chi connectivity index (χ1n) is 6.29. The van der Waals surface area contributed by atoms with Crippen LogP contribution in [-0.2, 0) is 4.79 Å². The first-order valence-corrected chi connectivity index (χ1v) is 7.75. The topological polar surface area (TPSA) is 72.2 Å². The summed E-state index contributed by atoms with van der Waals surface area (Å²) < 4.78 is 0.862. The highest BCUT2D eigenvalue weighted by atomic mass is 127. The van der Waals surface area contributed by atoms with Crippen LogP contribution in [0.4, 0.5) is 5.69 Å². The highest BCUT2D eigenvalue weighted by molar-refractivity contribution is 14.1. The summed E-state index contributed by atoms with van der Waals surface area (Å²) in [4.78, 5) is 23.3. The van der Waals surface area contributed by atoms with E-state index in [0.717, 1.165) is 9.13 Å². The third-order valence-corrected chi connectivity index (χ3v) is 3.73. The van der Waals surface area contributed by atoms with Crippen LogP contribution in [0.15, 0.2) is 48.5 Å². The molecule has 0 spiro atoms. The van der Waals surface area contributed by atoms with E-state index in [1.54, 1.807) is 48.5 Å². The molecule has 0 saturated carbocycles. The Labute approximate surface area is 146 Å². The maximum absolute atomic E-state index is 11.9. The number of amides is 2. The second-order valence-corrected chi connectivity index (χ2v) is 6.11. The van der Waals surface area contributed by atoms with Crippen molar-refractivity contribution in [3.63, 3.8) is 0 Å². The largest absolute Gasteiger partial charge is 0.366 e. The van der Waals surface area contributed by atoms with Gasteiger partial charge in [-0.25, -0.2) is 0 Å². The molecule has 22 heavy (non-hydrogen) atoms. The van der Waals surface area contributed by atoms with Crippen molar-refractivity contribution in [2.45, 2.75) is 0 Å². The van der Waals surface area contributed by atoms with Gasteiger partial charge in [-0.1, -0.05) is 23.7 Å². The van der Waals surface area contributed by atoms with E-state index in [1.165, 1.54) is 6.08 Å². The van der Waals surface area contributed by atoms with E-state index in [2.05, 4.69) is 27.9 Å². The van der Waals surface area contributed by atoms with Gasteiger partial charge in [0.25, 0.3) is 5.91 Å². The molecule has 0 unspecified atom stereocenters. The van der Waals surface area contributed by atoms with Gasteiger partial charge in [-0.05, 0) is 64.6 Å². The Morgan fingerprint density at radius 2 is 1.82 bits per heavy atom. The van der Waals surface area contributed by atoms with Crippen LogP contribution >= 0.6 is 34.2 Å². The average molecular weight is 427 g/mol. The van der Waals surface area contributed by atoms with E-state index in [1.807, 2.05) is 0 Å². The fourth-order valence-electron chi connectivity index (χ4n) is 1.75. The van der Waals surface area contributed by atoms with Crippen LogP contribution in [-0.4, -0.2) is 11.8 Å². The van der Waals surface area contributed by atoms with Crippen LogP contribution in [0.1, 0.15) is 15.9 Å². The van der Waals surface area contributed by atoms with E-state index >= 15 is 0 Å². The number of anilines is 1. The quantitative estimate of drug-likeness (QED) is 0.578. The van der Waals surface area contributed by atoms with Crippen molar-refractivity contribution >= 4 is 57.8 Å². The molecular formula is C16H12ClIN2O2. The molecule has 0 bridgehead atoms. The third kappa shape index (κ3) is 4.57. The number of halogens is 2. The van der Waals surface area contributed by atoms with Gasteiger partial charge < -0.3 is 11.1 Å². The van der Waals surface area contributed by atoms with E-state index in [4.69, 9.17) is 17.3 Å². The Morgan fingerprint density at radius 1 is 1.14 bits per heavy atom. The van der Waals surface area contributed by atoms with Crippen LogP contribution in [0, 0.1) is 3.57 Å². The molecule has 2 rings (SSSR count). The maximum atomic E-state index is 11.9. The molecule has 0 aliphatic heterocycles. The molecule has 0 aliphatic carbocycles. The fourth-order valence-corrected chi connectivity index (χ4v) is 2.37. The zero-order valence-corrected chi connectivity index (χ0v) is 14.3. The molecule has 2 aromatic rings. The Balaban J connectivity index is 2.12. The van der Waals surface area contributed by atoms with Crippen LogP contribution in [0.5, 0.6) is 0 Å². The Morgan fingerprint density at radius 3 is 2.45 bits per heavy atom.